The van der Waals surface area contributed by atoms with Crippen molar-refractivity contribution in [3.8, 4) is 89.0 Å². The molecule has 668 valence electrons. The predicted molar refractivity (Wildman–Crippen MR) is 582 cm³/mol. The van der Waals surface area contributed by atoms with Crippen LogP contribution in [0.4, 0.5) is 34.1 Å². The van der Waals surface area contributed by atoms with Gasteiger partial charge >= 0.3 is 0 Å². The Balaban J connectivity index is 0.000000142. The SMILES string of the molecule is CC1(C)c2ccccc2-c2ccc(N(c3ccc(-c4ccc5c(c4)-c4ccccc4C54c5ccccc5C(C)(C)c5ccccc54)cc3)c3ccc4c(c3)C(C)(C)c3ccccc3-4)cc21.CC1(C)c2ccccc2-c2ccc(N(c3ccc(-c4ccc5c(c4)-c4ccccc4C54c5ccccc5C(c5ccccc5)(c5ccccc5)c5ccccc54)cc3)c3ccc4c(c3)C(C)(C)c3ccccc3-4)cc21. The Morgan fingerprint density at radius 2 is 0.314 bits per heavy atom. The number of fused-ring (bicyclic) bond motifs is 30. The molecule has 0 radical (unpaired) electrons. The van der Waals surface area contributed by atoms with Gasteiger partial charge in [-0.25, -0.2) is 0 Å². The summed E-state index contributed by atoms with van der Waals surface area (Å²) >= 11 is 0. The van der Waals surface area contributed by atoms with Gasteiger partial charge in [0.05, 0.1) is 16.2 Å². The Morgan fingerprint density at radius 3 is 0.600 bits per heavy atom. The maximum absolute atomic E-state index is 2.48. The summed E-state index contributed by atoms with van der Waals surface area (Å²) in [6, 6.07) is 175. The highest BCUT2D eigenvalue weighted by atomic mass is 15.1. The van der Waals surface area contributed by atoms with Crippen molar-refractivity contribution in [2.45, 2.75) is 113 Å². The topological polar surface area (TPSA) is 6.48 Å². The lowest BCUT2D eigenvalue weighted by atomic mass is 9.51. The Bertz CT molecular complexity index is 8230. The zero-order chi connectivity index (χ0) is 94.3. The highest BCUT2D eigenvalue weighted by molar-refractivity contribution is 5.97. The van der Waals surface area contributed by atoms with Crippen molar-refractivity contribution in [1.82, 2.24) is 0 Å². The van der Waals surface area contributed by atoms with Gasteiger partial charge in [-0.2, -0.15) is 0 Å². The van der Waals surface area contributed by atoms with Gasteiger partial charge in [0.2, 0.25) is 0 Å². The molecule has 0 heterocycles. The quantitative estimate of drug-likeness (QED) is 0.135. The smallest absolute Gasteiger partial charge is 0.0720 e. The van der Waals surface area contributed by atoms with Gasteiger partial charge in [-0.1, -0.05) is 445 Å². The van der Waals surface area contributed by atoms with Gasteiger partial charge in [0.15, 0.2) is 0 Å². The summed E-state index contributed by atoms with van der Waals surface area (Å²) in [5, 5.41) is 0. The molecular formula is C138H106N2. The van der Waals surface area contributed by atoms with Crippen molar-refractivity contribution in [1.29, 1.82) is 0 Å². The second-order valence-corrected chi connectivity index (χ2v) is 42.8. The molecule has 0 saturated heterocycles. The van der Waals surface area contributed by atoms with Crippen LogP contribution in [0.15, 0.2) is 461 Å². The minimum atomic E-state index is -0.535. The first-order valence-corrected chi connectivity index (χ1v) is 50.0. The second-order valence-electron chi connectivity index (χ2n) is 42.8. The third-order valence-electron chi connectivity index (χ3n) is 34.2. The van der Waals surface area contributed by atoms with Gasteiger partial charge < -0.3 is 9.80 Å². The minimum Gasteiger partial charge on any atom is -0.310 e. The van der Waals surface area contributed by atoms with Crippen molar-refractivity contribution in [2.24, 2.45) is 0 Å². The molecule has 8 aliphatic carbocycles. The van der Waals surface area contributed by atoms with Gasteiger partial charge in [0, 0.05) is 61.2 Å². The van der Waals surface area contributed by atoms with Crippen LogP contribution in [0.3, 0.4) is 0 Å². The Kier molecular flexibility index (Phi) is 18.0. The molecule has 0 fully saturated rings. The zero-order valence-corrected chi connectivity index (χ0v) is 80.8. The van der Waals surface area contributed by atoms with Crippen LogP contribution >= 0.6 is 0 Å². The standard InChI is InChI=1S/C74H55N.C64H51N/c1-71(2)61-28-14-11-25-55(61)58-42-40-53(46-69(58)71)75(54-41-43-59-56-26-12-15-29-62(56)72(3,4)70(59)47-54)52-38-35-48(36-39-52)49-37-44-64-60(45-49)57-27-13-16-30-63(57)74(64)67-33-19-17-31-65(67)73(50-21-7-5-8-22-50,51-23-9-6-10-24-51)66-32-18-20-34-68(66)74;1-61(2)51-20-10-7-17-45(51)48-34-32-43(38-59(48)61)65(44-33-35-49-46-18-8-11-21-52(46)62(3,4)60(49)39-44)42-30-27-40(28-31-42)41-29-36-54-50(37-41)47-19-9-12-22-53(47)64(54)57-25-15-13-23-55(57)63(5,6)56-24-14-16-26-58(56)64/h5-47H,1-4H3;7-39H,1-6H3. The lowest BCUT2D eigenvalue weighted by Gasteiger charge is -2.50. The summed E-state index contributed by atoms with van der Waals surface area (Å²) in [5.74, 6) is 0. The first-order valence-electron chi connectivity index (χ1n) is 50.0. The summed E-state index contributed by atoms with van der Waals surface area (Å²) in [4.78, 5) is 4.96. The van der Waals surface area contributed by atoms with Gasteiger partial charge in [-0.15, -0.1) is 0 Å². The molecule has 20 aromatic carbocycles. The highest BCUT2D eigenvalue weighted by Crippen LogP contribution is 2.68. The van der Waals surface area contributed by atoms with Crippen molar-refractivity contribution in [2.75, 3.05) is 9.80 Å². The van der Waals surface area contributed by atoms with Crippen LogP contribution in [0.2, 0.25) is 0 Å². The van der Waals surface area contributed by atoms with Gasteiger partial charge in [0.25, 0.3) is 0 Å². The molecule has 0 aromatic heterocycles. The molecule has 0 bridgehead atoms. The summed E-state index contributed by atoms with van der Waals surface area (Å²) in [6.45, 7) is 23.8. The molecule has 2 heteroatoms. The predicted octanol–water partition coefficient (Wildman–Crippen LogP) is 34.9. The van der Waals surface area contributed by atoms with E-state index in [0.29, 0.717) is 0 Å². The molecule has 2 nitrogen and oxygen atoms in total. The summed E-state index contributed by atoms with van der Waals surface area (Å²) in [7, 11) is 0. The molecule has 8 aliphatic rings. The van der Waals surface area contributed by atoms with E-state index in [-0.39, 0.29) is 27.1 Å². The fourth-order valence-corrected chi connectivity index (χ4v) is 27.6. The number of rotatable bonds is 10. The van der Waals surface area contributed by atoms with Crippen molar-refractivity contribution in [3.05, 3.63) is 583 Å². The van der Waals surface area contributed by atoms with Crippen molar-refractivity contribution >= 4 is 34.1 Å². The van der Waals surface area contributed by atoms with E-state index < -0.39 is 16.2 Å². The Labute approximate surface area is 823 Å². The second kappa shape index (κ2) is 30.3. The maximum atomic E-state index is 2.48. The first kappa shape index (κ1) is 83.4. The normalized spacial score (nSPS) is 16.0. The molecule has 2 spiro atoms. The molecule has 140 heavy (non-hydrogen) atoms. The molecule has 0 N–H and O–H groups in total. The van der Waals surface area contributed by atoms with E-state index in [1.165, 1.54) is 223 Å². The lowest BCUT2D eigenvalue weighted by molar-refractivity contribution is 0.563. The van der Waals surface area contributed by atoms with E-state index in [4.69, 9.17) is 0 Å². The summed E-state index contributed by atoms with van der Waals surface area (Å²) < 4.78 is 0. The summed E-state index contributed by atoms with van der Waals surface area (Å²) in [6.07, 6.45) is 0. The molecule has 0 saturated carbocycles. The first-order chi connectivity index (χ1) is 68.2. The fraction of sp³-hybridized carbons (Fsp3) is 0.130. The van der Waals surface area contributed by atoms with Crippen molar-refractivity contribution < 1.29 is 0 Å². The monoisotopic (exact) mass is 1790 g/mol. The van der Waals surface area contributed by atoms with Crippen LogP contribution in [-0.4, -0.2) is 0 Å². The molecule has 20 aromatic rings. The van der Waals surface area contributed by atoms with E-state index in [1.54, 1.807) is 0 Å². The van der Waals surface area contributed by atoms with Crippen LogP contribution in [0.5, 0.6) is 0 Å². The maximum Gasteiger partial charge on any atom is 0.0720 e. The average molecular weight is 1790 g/mol. The Morgan fingerprint density at radius 1 is 0.121 bits per heavy atom. The van der Waals surface area contributed by atoms with E-state index in [2.05, 4.69) is 540 Å². The number of benzene rings is 20. The molecular weight excluding hydrogens is 1690 g/mol. The molecule has 0 unspecified atom stereocenters. The number of anilines is 6. The molecule has 0 atom stereocenters. The van der Waals surface area contributed by atoms with Crippen LogP contribution in [0.25, 0.3) is 89.0 Å². The van der Waals surface area contributed by atoms with E-state index >= 15 is 0 Å². The van der Waals surface area contributed by atoms with E-state index in [1.807, 2.05) is 0 Å². The van der Waals surface area contributed by atoms with Gasteiger partial charge in [0.1, 0.15) is 0 Å². The third-order valence-corrected chi connectivity index (χ3v) is 34.2. The van der Waals surface area contributed by atoms with Crippen LogP contribution in [0, 0.1) is 0 Å². The van der Waals surface area contributed by atoms with Gasteiger partial charge in [-0.05, 0) is 296 Å². The molecule has 0 amide bonds. The number of hydrogen-bond acceptors (Lipinski definition) is 2. The highest BCUT2D eigenvalue weighted by Gasteiger charge is 2.58. The Hall–Kier alpha value is -16.0. The van der Waals surface area contributed by atoms with E-state index in [0.717, 1.165) is 22.7 Å². The largest absolute Gasteiger partial charge is 0.310 e. The van der Waals surface area contributed by atoms with Crippen LogP contribution < -0.4 is 9.80 Å². The third kappa shape index (κ3) is 11.4. The summed E-state index contributed by atoms with van der Waals surface area (Å²) in [5.41, 5.74) is 55.4. The minimum absolute atomic E-state index is 0.109. The average Bonchev–Trinajstić information content (AvgIpc) is 1.43. The number of hydrogen-bond donors (Lipinski definition) is 0. The fourth-order valence-electron chi connectivity index (χ4n) is 27.6. The lowest BCUT2D eigenvalue weighted by Crippen LogP contribution is -2.44. The van der Waals surface area contributed by atoms with Crippen LogP contribution in [-0.2, 0) is 43.3 Å². The zero-order valence-electron chi connectivity index (χ0n) is 80.8. The van der Waals surface area contributed by atoms with Gasteiger partial charge in [-0.3, -0.25) is 0 Å². The van der Waals surface area contributed by atoms with E-state index in [9.17, 15) is 0 Å². The molecule has 0 aliphatic heterocycles. The van der Waals surface area contributed by atoms with Crippen LogP contribution in [0.1, 0.15) is 192 Å². The number of nitrogens with zero attached hydrogens (tertiary/aromatic N) is 2. The molecule has 28 rings (SSSR count). The van der Waals surface area contributed by atoms with Crippen molar-refractivity contribution in [3.63, 3.8) is 0 Å².